The van der Waals surface area contributed by atoms with Crippen LogP contribution in [0.25, 0.3) is 0 Å². The molecule has 0 bridgehead atoms. The number of nitrogens with zero attached hydrogens (tertiary/aromatic N) is 3. The molecule has 1 aromatic carbocycles. The van der Waals surface area contributed by atoms with E-state index in [0.29, 0.717) is 15.6 Å². The SMILES string of the molecule is NC(=O)c1nnn(Cc2cc(Cl)c(Cl)c(Cl)c2)c1N. The molecule has 0 aliphatic heterocycles. The summed E-state index contributed by atoms with van der Waals surface area (Å²) in [5, 5.41) is 8.24. The third-order valence-electron chi connectivity index (χ3n) is 2.38. The zero-order valence-electron chi connectivity index (χ0n) is 9.40. The normalized spacial score (nSPS) is 10.7. The highest BCUT2D eigenvalue weighted by atomic mass is 35.5. The fourth-order valence-corrected chi connectivity index (χ4v) is 2.13. The molecule has 0 spiro atoms. The minimum Gasteiger partial charge on any atom is -0.382 e. The van der Waals surface area contributed by atoms with E-state index in [2.05, 4.69) is 10.3 Å². The molecule has 6 nitrogen and oxygen atoms in total. The van der Waals surface area contributed by atoms with Crippen molar-refractivity contribution in [2.75, 3.05) is 5.73 Å². The largest absolute Gasteiger partial charge is 0.382 e. The van der Waals surface area contributed by atoms with Crippen LogP contribution in [0.2, 0.25) is 15.1 Å². The predicted molar refractivity (Wildman–Crippen MR) is 73.5 cm³/mol. The molecule has 0 saturated heterocycles. The summed E-state index contributed by atoms with van der Waals surface area (Å²) in [6.07, 6.45) is 0. The van der Waals surface area contributed by atoms with Crippen molar-refractivity contribution < 1.29 is 4.79 Å². The van der Waals surface area contributed by atoms with Crippen molar-refractivity contribution in [2.45, 2.75) is 6.54 Å². The number of aromatic nitrogens is 3. The van der Waals surface area contributed by atoms with Crippen molar-refractivity contribution in [3.05, 3.63) is 38.5 Å². The van der Waals surface area contributed by atoms with Crippen molar-refractivity contribution in [3.8, 4) is 0 Å². The Morgan fingerprint density at radius 2 is 1.84 bits per heavy atom. The number of rotatable bonds is 3. The van der Waals surface area contributed by atoms with E-state index in [1.54, 1.807) is 12.1 Å². The fourth-order valence-electron chi connectivity index (χ4n) is 1.48. The van der Waals surface area contributed by atoms with Gasteiger partial charge in [-0.25, -0.2) is 4.68 Å². The Hall–Kier alpha value is -1.50. The van der Waals surface area contributed by atoms with Gasteiger partial charge in [0.15, 0.2) is 11.5 Å². The van der Waals surface area contributed by atoms with Crippen LogP contribution in [-0.4, -0.2) is 20.9 Å². The number of carbonyl (C=O) groups excluding carboxylic acids is 1. The zero-order chi connectivity index (χ0) is 14.2. The van der Waals surface area contributed by atoms with Gasteiger partial charge in [0.2, 0.25) is 0 Å². The van der Waals surface area contributed by atoms with Gasteiger partial charge in [0.05, 0.1) is 21.6 Å². The average Bonchev–Trinajstić information content (AvgIpc) is 2.68. The maximum absolute atomic E-state index is 11.0. The molecular formula is C10H8Cl3N5O. The van der Waals surface area contributed by atoms with E-state index in [4.69, 9.17) is 46.3 Å². The quantitative estimate of drug-likeness (QED) is 0.844. The number of carbonyl (C=O) groups is 1. The van der Waals surface area contributed by atoms with Gasteiger partial charge < -0.3 is 11.5 Å². The lowest BCUT2D eigenvalue weighted by Crippen LogP contribution is -2.14. The van der Waals surface area contributed by atoms with Gasteiger partial charge in [0.25, 0.3) is 5.91 Å². The first kappa shape index (κ1) is 13.9. The first-order chi connectivity index (χ1) is 8.90. The van der Waals surface area contributed by atoms with E-state index in [9.17, 15) is 4.79 Å². The van der Waals surface area contributed by atoms with E-state index < -0.39 is 5.91 Å². The monoisotopic (exact) mass is 319 g/mol. The second-order valence-electron chi connectivity index (χ2n) is 3.72. The van der Waals surface area contributed by atoms with Crippen LogP contribution in [0.1, 0.15) is 16.1 Å². The predicted octanol–water partition coefficient (Wildman–Crippen LogP) is 1.97. The second kappa shape index (κ2) is 5.24. The van der Waals surface area contributed by atoms with Crippen molar-refractivity contribution in [3.63, 3.8) is 0 Å². The van der Waals surface area contributed by atoms with Crippen LogP contribution in [0.4, 0.5) is 5.82 Å². The highest BCUT2D eigenvalue weighted by Crippen LogP contribution is 2.31. The van der Waals surface area contributed by atoms with Crippen LogP contribution in [0.5, 0.6) is 0 Å². The summed E-state index contributed by atoms with van der Waals surface area (Å²) in [4.78, 5) is 11.0. The van der Waals surface area contributed by atoms with Crippen LogP contribution in [0.3, 0.4) is 0 Å². The summed E-state index contributed by atoms with van der Waals surface area (Å²) < 4.78 is 1.32. The summed E-state index contributed by atoms with van der Waals surface area (Å²) in [5.74, 6) is -0.661. The molecule has 0 unspecified atom stereocenters. The Kier molecular flexibility index (Phi) is 3.84. The van der Waals surface area contributed by atoms with Gasteiger partial charge in [0, 0.05) is 0 Å². The Balaban J connectivity index is 2.34. The molecule has 4 N–H and O–H groups in total. The van der Waals surface area contributed by atoms with Crippen molar-refractivity contribution in [1.29, 1.82) is 0 Å². The lowest BCUT2D eigenvalue weighted by molar-refractivity contribution is 0.0996. The molecule has 0 aliphatic carbocycles. The highest BCUT2D eigenvalue weighted by molar-refractivity contribution is 6.48. The highest BCUT2D eigenvalue weighted by Gasteiger charge is 2.15. The molecule has 9 heteroatoms. The summed E-state index contributed by atoms with van der Waals surface area (Å²) in [7, 11) is 0. The Labute approximate surface area is 123 Å². The summed E-state index contributed by atoms with van der Waals surface area (Å²) in [5.41, 5.74) is 11.4. The molecular weight excluding hydrogens is 313 g/mol. The number of nitrogens with two attached hydrogens (primary N) is 2. The molecule has 0 aliphatic rings. The van der Waals surface area contributed by atoms with Crippen molar-refractivity contribution >= 4 is 46.5 Å². The molecule has 19 heavy (non-hydrogen) atoms. The number of anilines is 1. The van der Waals surface area contributed by atoms with E-state index >= 15 is 0 Å². The number of primary amides is 1. The summed E-state index contributed by atoms with van der Waals surface area (Å²) in [6, 6.07) is 3.25. The lowest BCUT2D eigenvalue weighted by Gasteiger charge is -2.06. The summed E-state index contributed by atoms with van der Waals surface area (Å²) in [6.45, 7) is 0.239. The second-order valence-corrected chi connectivity index (χ2v) is 4.91. The van der Waals surface area contributed by atoms with Gasteiger partial charge in [-0.1, -0.05) is 40.0 Å². The van der Waals surface area contributed by atoms with Gasteiger partial charge in [-0.05, 0) is 17.7 Å². The van der Waals surface area contributed by atoms with E-state index in [-0.39, 0.29) is 23.1 Å². The lowest BCUT2D eigenvalue weighted by atomic mass is 10.2. The molecule has 100 valence electrons. The van der Waals surface area contributed by atoms with E-state index in [1.165, 1.54) is 4.68 Å². The van der Waals surface area contributed by atoms with Crippen LogP contribution in [-0.2, 0) is 6.54 Å². The number of halogens is 3. The van der Waals surface area contributed by atoms with Crippen LogP contribution >= 0.6 is 34.8 Å². The first-order valence-corrected chi connectivity index (χ1v) is 6.15. The number of hydrogen-bond donors (Lipinski definition) is 2. The van der Waals surface area contributed by atoms with Crippen LogP contribution in [0.15, 0.2) is 12.1 Å². The molecule has 1 heterocycles. The Bertz CT molecular complexity index is 632. The molecule has 2 aromatic rings. The van der Waals surface area contributed by atoms with Gasteiger partial charge >= 0.3 is 0 Å². The maximum atomic E-state index is 11.0. The standard InChI is InChI=1S/C10H8Cl3N5O/c11-5-1-4(2-6(12)7(5)13)3-18-9(14)8(10(15)19)16-17-18/h1-2H,3,14H2,(H2,15,19). The number of nitrogen functional groups attached to an aromatic ring is 1. The minimum atomic E-state index is -0.740. The fraction of sp³-hybridized carbons (Fsp3) is 0.100. The third-order valence-corrected chi connectivity index (χ3v) is 3.58. The minimum absolute atomic E-state index is 0.0776. The molecule has 1 aromatic heterocycles. The molecule has 0 fully saturated rings. The smallest absolute Gasteiger partial charge is 0.273 e. The van der Waals surface area contributed by atoms with Gasteiger partial charge in [-0.2, -0.15) is 0 Å². The van der Waals surface area contributed by atoms with E-state index in [1.807, 2.05) is 0 Å². The molecule has 2 rings (SSSR count). The van der Waals surface area contributed by atoms with Gasteiger partial charge in [-0.15, -0.1) is 5.10 Å². The van der Waals surface area contributed by atoms with Gasteiger partial charge in [0.1, 0.15) is 0 Å². The summed E-state index contributed by atoms with van der Waals surface area (Å²) >= 11 is 17.7. The Morgan fingerprint density at radius 1 is 1.26 bits per heavy atom. The zero-order valence-corrected chi connectivity index (χ0v) is 11.7. The number of amides is 1. The number of benzene rings is 1. The molecule has 0 radical (unpaired) electrons. The molecule has 0 saturated carbocycles. The van der Waals surface area contributed by atoms with Crippen LogP contribution in [0, 0.1) is 0 Å². The Morgan fingerprint density at radius 3 is 2.32 bits per heavy atom. The van der Waals surface area contributed by atoms with Crippen molar-refractivity contribution in [2.24, 2.45) is 5.73 Å². The topological polar surface area (TPSA) is 99.8 Å². The van der Waals surface area contributed by atoms with Crippen molar-refractivity contribution in [1.82, 2.24) is 15.0 Å². The first-order valence-electron chi connectivity index (χ1n) is 5.02. The van der Waals surface area contributed by atoms with Gasteiger partial charge in [-0.3, -0.25) is 4.79 Å². The number of hydrogen-bond acceptors (Lipinski definition) is 4. The maximum Gasteiger partial charge on any atom is 0.273 e. The van der Waals surface area contributed by atoms with Crippen LogP contribution < -0.4 is 11.5 Å². The average molecular weight is 321 g/mol. The molecule has 1 amide bonds. The molecule has 0 atom stereocenters. The van der Waals surface area contributed by atoms with E-state index in [0.717, 1.165) is 0 Å². The third kappa shape index (κ3) is 2.75.